The van der Waals surface area contributed by atoms with Gasteiger partial charge >= 0.3 is 5.97 Å². The lowest BCUT2D eigenvalue weighted by molar-refractivity contribution is -0.153. The van der Waals surface area contributed by atoms with Gasteiger partial charge in [-0.25, -0.2) is 4.79 Å². The van der Waals surface area contributed by atoms with Crippen LogP contribution in [0.4, 0.5) is 0 Å². The van der Waals surface area contributed by atoms with Crippen molar-refractivity contribution in [3.05, 3.63) is 0 Å². The minimum atomic E-state index is -1.13. The van der Waals surface area contributed by atoms with Crippen molar-refractivity contribution in [1.29, 1.82) is 0 Å². The number of rotatable bonds is 7. The van der Waals surface area contributed by atoms with Crippen LogP contribution < -0.4 is 16.8 Å². The predicted molar refractivity (Wildman–Crippen MR) is 76.0 cm³/mol. The Labute approximate surface area is 124 Å². The van der Waals surface area contributed by atoms with Gasteiger partial charge in [-0.3, -0.25) is 9.59 Å². The summed E-state index contributed by atoms with van der Waals surface area (Å²) in [5, 5.41) is 2.42. The highest BCUT2D eigenvalue weighted by Gasteiger charge is 2.32. The summed E-state index contributed by atoms with van der Waals surface area (Å²) in [5.74, 6) is -2.04. The summed E-state index contributed by atoms with van der Waals surface area (Å²) in [6, 6.07) is -2.16. The Hall–Kier alpha value is -1.67. The number of primary amides is 1. The minimum Gasteiger partial charge on any atom is -0.467 e. The number of nitrogens with two attached hydrogens (primary N) is 2. The second kappa shape index (κ2) is 7.94. The van der Waals surface area contributed by atoms with Crippen LogP contribution in [-0.4, -0.2) is 48.7 Å². The monoisotopic (exact) mass is 303 g/mol. The van der Waals surface area contributed by atoms with Crippen LogP contribution in [0.3, 0.4) is 0 Å². The van der Waals surface area contributed by atoms with E-state index in [0.717, 1.165) is 0 Å². The van der Waals surface area contributed by atoms with Crippen molar-refractivity contribution in [2.75, 3.05) is 7.11 Å². The van der Waals surface area contributed by atoms with E-state index in [0.29, 0.717) is 0 Å². The molecule has 1 unspecified atom stereocenters. The Balaban J connectivity index is 4.89. The number of esters is 1. The van der Waals surface area contributed by atoms with Crippen molar-refractivity contribution < 1.29 is 23.9 Å². The van der Waals surface area contributed by atoms with Crippen LogP contribution in [0.25, 0.3) is 0 Å². The highest BCUT2D eigenvalue weighted by Crippen LogP contribution is 2.14. The normalized spacial score (nSPS) is 15.7. The Morgan fingerprint density at radius 3 is 2.14 bits per heavy atom. The molecule has 0 saturated heterocycles. The van der Waals surface area contributed by atoms with Crippen LogP contribution >= 0.6 is 0 Å². The fourth-order valence-electron chi connectivity index (χ4n) is 1.69. The molecule has 0 bridgehead atoms. The lowest BCUT2D eigenvalue weighted by atomic mass is 10.1. The van der Waals surface area contributed by atoms with Gasteiger partial charge in [0.1, 0.15) is 0 Å². The number of hydrogen-bond acceptors (Lipinski definition) is 6. The minimum absolute atomic E-state index is 0.311. The third-order valence-electron chi connectivity index (χ3n) is 2.52. The maximum absolute atomic E-state index is 11.9. The number of carbonyl (C=O) groups excluding carboxylic acids is 3. The summed E-state index contributed by atoms with van der Waals surface area (Å²) >= 11 is 0. The van der Waals surface area contributed by atoms with E-state index in [1.165, 1.54) is 7.11 Å². The molecule has 0 radical (unpaired) electrons. The Kier molecular flexibility index (Phi) is 7.31. The molecule has 0 aliphatic rings. The largest absolute Gasteiger partial charge is 0.467 e. The SMILES string of the molecule is COC(=O)C(NC(=O)[C@@H](N)CC(N)=O)[C@@H](C)OC(C)(C)C. The fraction of sp³-hybridized carbons (Fsp3) is 0.769. The summed E-state index contributed by atoms with van der Waals surface area (Å²) in [6.45, 7) is 7.09. The van der Waals surface area contributed by atoms with Crippen molar-refractivity contribution in [2.24, 2.45) is 11.5 Å². The first-order valence-electron chi connectivity index (χ1n) is 6.58. The average molecular weight is 303 g/mol. The van der Waals surface area contributed by atoms with Crippen molar-refractivity contribution in [3.63, 3.8) is 0 Å². The van der Waals surface area contributed by atoms with Crippen LogP contribution in [0, 0.1) is 0 Å². The summed E-state index contributed by atoms with van der Waals surface area (Å²) in [4.78, 5) is 34.4. The fourth-order valence-corrected chi connectivity index (χ4v) is 1.69. The molecule has 122 valence electrons. The molecule has 0 rings (SSSR count). The Bertz CT molecular complexity index is 392. The van der Waals surface area contributed by atoms with Gasteiger partial charge in [0, 0.05) is 0 Å². The van der Waals surface area contributed by atoms with Crippen LogP contribution in [0.5, 0.6) is 0 Å². The summed E-state index contributed by atoms with van der Waals surface area (Å²) < 4.78 is 10.3. The highest BCUT2D eigenvalue weighted by molar-refractivity contribution is 5.90. The number of ether oxygens (including phenoxy) is 2. The predicted octanol–water partition coefficient (Wildman–Crippen LogP) is -0.949. The maximum Gasteiger partial charge on any atom is 0.331 e. The third kappa shape index (κ3) is 7.62. The molecule has 0 fully saturated rings. The molecular weight excluding hydrogens is 278 g/mol. The number of hydrogen-bond donors (Lipinski definition) is 3. The zero-order chi connectivity index (χ0) is 16.8. The van der Waals surface area contributed by atoms with Gasteiger partial charge in [0.2, 0.25) is 11.8 Å². The van der Waals surface area contributed by atoms with Gasteiger partial charge in [-0.15, -0.1) is 0 Å². The second-order valence-corrected chi connectivity index (χ2v) is 5.72. The standard InChI is InChI=1S/C13H25N3O5/c1-7(21-13(2,3)4)10(12(19)20-5)16-11(18)8(14)6-9(15)17/h7-8,10H,6,14H2,1-5H3,(H2,15,17)(H,16,18)/t7-,8+,10?/m1/s1. The molecular formula is C13H25N3O5. The van der Waals surface area contributed by atoms with Crippen molar-refractivity contribution >= 4 is 17.8 Å². The van der Waals surface area contributed by atoms with Gasteiger partial charge in [-0.05, 0) is 27.7 Å². The molecule has 0 heterocycles. The second-order valence-electron chi connectivity index (χ2n) is 5.72. The first kappa shape index (κ1) is 19.3. The van der Waals surface area contributed by atoms with E-state index in [9.17, 15) is 14.4 Å². The quantitative estimate of drug-likeness (QED) is 0.519. The number of amides is 2. The Morgan fingerprint density at radius 2 is 1.76 bits per heavy atom. The lowest BCUT2D eigenvalue weighted by Crippen LogP contribution is -2.55. The highest BCUT2D eigenvalue weighted by atomic mass is 16.5. The average Bonchev–Trinajstić information content (AvgIpc) is 2.31. The molecule has 0 aromatic heterocycles. The molecule has 0 aliphatic heterocycles. The van der Waals surface area contributed by atoms with Gasteiger partial charge in [0.05, 0.1) is 31.3 Å². The molecule has 0 aromatic rings. The van der Waals surface area contributed by atoms with E-state index in [2.05, 4.69) is 10.1 Å². The van der Waals surface area contributed by atoms with E-state index < -0.39 is 41.6 Å². The van der Waals surface area contributed by atoms with Gasteiger partial charge < -0.3 is 26.3 Å². The number of methoxy groups -OCH3 is 1. The smallest absolute Gasteiger partial charge is 0.331 e. The molecule has 0 spiro atoms. The van der Waals surface area contributed by atoms with Gasteiger partial charge in [0.25, 0.3) is 0 Å². The number of nitrogens with one attached hydrogen (secondary N) is 1. The molecule has 8 heteroatoms. The van der Waals surface area contributed by atoms with E-state index in [4.69, 9.17) is 16.2 Å². The molecule has 0 aromatic carbocycles. The topological polar surface area (TPSA) is 134 Å². The van der Waals surface area contributed by atoms with E-state index in [-0.39, 0.29) is 6.42 Å². The van der Waals surface area contributed by atoms with Crippen LogP contribution in [0.1, 0.15) is 34.1 Å². The van der Waals surface area contributed by atoms with E-state index in [1.807, 2.05) is 20.8 Å². The molecule has 0 aliphatic carbocycles. The van der Waals surface area contributed by atoms with E-state index in [1.54, 1.807) is 6.92 Å². The molecule has 21 heavy (non-hydrogen) atoms. The first-order chi connectivity index (χ1) is 9.47. The van der Waals surface area contributed by atoms with Crippen molar-refractivity contribution in [3.8, 4) is 0 Å². The first-order valence-corrected chi connectivity index (χ1v) is 6.58. The third-order valence-corrected chi connectivity index (χ3v) is 2.52. The van der Waals surface area contributed by atoms with Crippen LogP contribution in [0.2, 0.25) is 0 Å². The lowest BCUT2D eigenvalue weighted by Gasteiger charge is -2.30. The molecule has 5 N–H and O–H groups in total. The molecule has 8 nitrogen and oxygen atoms in total. The maximum atomic E-state index is 11.9. The van der Waals surface area contributed by atoms with Gasteiger partial charge in [-0.2, -0.15) is 0 Å². The van der Waals surface area contributed by atoms with Crippen LogP contribution in [-0.2, 0) is 23.9 Å². The molecule has 3 atom stereocenters. The molecule has 0 saturated carbocycles. The summed E-state index contributed by atoms with van der Waals surface area (Å²) in [7, 11) is 1.20. The summed E-state index contributed by atoms with van der Waals surface area (Å²) in [6.07, 6.45) is -0.948. The summed E-state index contributed by atoms with van der Waals surface area (Å²) in [5.41, 5.74) is 10.00. The van der Waals surface area contributed by atoms with Gasteiger partial charge in [0.15, 0.2) is 6.04 Å². The molecule has 2 amide bonds. The zero-order valence-corrected chi connectivity index (χ0v) is 13.1. The Morgan fingerprint density at radius 1 is 1.24 bits per heavy atom. The van der Waals surface area contributed by atoms with Crippen LogP contribution in [0.15, 0.2) is 0 Å². The van der Waals surface area contributed by atoms with E-state index >= 15 is 0 Å². The van der Waals surface area contributed by atoms with Crippen molar-refractivity contribution in [2.45, 2.75) is 57.9 Å². The number of carbonyl (C=O) groups is 3. The van der Waals surface area contributed by atoms with Gasteiger partial charge in [-0.1, -0.05) is 0 Å². The zero-order valence-electron chi connectivity index (χ0n) is 13.1. The van der Waals surface area contributed by atoms with Crippen molar-refractivity contribution in [1.82, 2.24) is 5.32 Å².